The zero-order chi connectivity index (χ0) is 31.0. The van der Waals surface area contributed by atoms with Gasteiger partial charge in [-0.3, -0.25) is 9.59 Å². The molecule has 6 rings (SSSR count). The van der Waals surface area contributed by atoms with E-state index in [-0.39, 0.29) is 36.8 Å². The van der Waals surface area contributed by atoms with E-state index in [4.69, 9.17) is 0 Å². The molecule has 5 aromatic rings. The highest BCUT2D eigenvalue weighted by atomic mass is 19.1. The second kappa shape index (κ2) is 14.0. The van der Waals surface area contributed by atoms with Crippen molar-refractivity contribution >= 4 is 22.8 Å². The zero-order valence-electron chi connectivity index (χ0n) is 24.9. The van der Waals surface area contributed by atoms with E-state index in [1.54, 1.807) is 21.7 Å². The molecule has 0 spiro atoms. The van der Waals surface area contributed by atoms with Crippen LogP contribution in [0.3, 0.4) is 0 Å². The number of halogens is 1. The highest BCUT2D eigenvalue weighted by molar-refractivity contribution is 5.89. The standard InChI is InChI=1S/C37H34FN5O2/c38-31-22-20-29(21-23-31)25-42(35(44)26-43-34-17-8-7-16-33(34)40-41-43)36(37(45)39-32-14-5-2-6-15-32)30-13-9-12-28(24-30)19-18-27-10-3-1-4-11-27/h1,3-4,7-13,16-17,20-24,32,36H,2,5-6,14-15,25-26H2,(H,39,45)/t36-/m1/s1. The lowest BCUT2D eigenvalue weighted by atomic mass is 9.94. The van der Waals surface area contributed by atoms with Crippen LogP contribution < -0.4 is 5.32 Å². The number of amides is 2. The van der Waals surface area contributed by atoms with Crippen LogP contribution >= 0.6 is 0 Å². The first-order valence-corrected chi connectivity index (χ1v) is 15.3. The predicted octanol–water partition coefficient (Wildman–Crippen LogP) is 6.19. The fraction of sp³-hybridized carbons (Fsp3) is 0.243. The molecular weight excluding hydrogens is 565 g/mol. The number of benzene rings is 4. The summed E-state index contributed by atoms with van der Waals surface area (Å²) in [4.78, 5) is 30.1. The molecular formula is C37H34FN5O2. The molecule has 0 saturated heterocycles. The monoisotopic (exact) mass is 599 g/mol. The Morgan fingerprint density at radius 3 is 2.38 bits per heavy atom. The van der Waals surface area contributed by atoms with Gasteiger partial charge in [0.2, 0.25) is 11.8 Å². The third kappa shape index (κ3) is 7.44. The number of carbonyl (C=O) groups is 2. The Kier molecular flexibility index (Phi) is 9.26. The molecule has 0 unspecified atom stereocenters. The summed E-state index contributed by atoms with van der Waals surface area (Å²) in [6, 6.07) is 29.7. The van der Waals surface area contributed by atoms with Crippen LogP contribution in [0, 0.1) is 17.7 Å². The smallest absolute Gasteiger partial charge is 0.247 e. The minimum Gasteiger partial charge on any atom is -0.351 e. The van der Waals surface area contributed by atoms with Crippen LogP contribution in [0.1, 0.15) is 60.4 Å². The van der Waals surface area contributed by atoms with Gasteiger partial charge in [0, 0.05) is 23.7 Å². The van der Waals surface area contributed by atoms with Gasteiger partial charge in [-0.15, -0.1) is 5.10 Å². The first kappa shape index (κ1) is 29.8. The Hall–Kier alpha value is -5.29. The summed E-state index contributed by atoms with van der Waals surface area (Å²) in [5.41, 5.74) is 4.33. The number of nitrogens with one attached hydrogen (secondary N) is 1. The maximum atomic E-state index is 14.3. The first-order valence-electron chi connectivity index (χ1n) is 15.3. The van der Waals surface area contributed by atoms with Gasteiger partial charge in [0.05, 0.1) is 5.52 Å². The number of nitrogens with zero attached hydrogens (tertiary/aromatic N) is 4. The van der Waals surface area contributed by atoms with Crippen LogP contribution in [-0.4, -0.2) is 37.7 Å². The molecule has 2 amide bonds. The lowest BCUT2D eigenvalue weighted by Gasteiger charge is -2.33. The molecule has 1 aliphatic carbocycles. The molecule has 0 bridgehead atoms. The van der Waals surface area contributed by atoms with E-state index in [0.717, 1.165) is 43.2 Å². The van der Waals surface area contributed by atoms with Gasteiger partial charge in [0.15, 0.2) is 0 Å². The van der Waals surface area contributed by atoms with Crippen LogP contribution in [0.5, 0.6) is 0 Å². The highest BCUT2D eigenvalue weighted by Gasteiger charge is 2.33. The van der Waals surface area contributed by atoms with Crippen LogP contribution in [0.2, 0.25) is 0 Å². The summed E-state index contributed by atoms with van der Waals surface area (Å²) in [5.74, 6) is 5.44. The summed E-state index contributed by atoms with van der Waals surface area (Å²) in [6.07, 6.45) is 5.06. The van der Waals surface area contributed by atoms with Crippen LogP contribution in [0.25, 0.3) is 11.0 Å². The largest absolute Gasteiger partial charge is 0.351 e. The third-order valence-corrected chi connectivity index (χ3v) is 8.13. The number of para-hydroxylation sites is 1. The summed E-state index contributed by atoms with van der Waals surface area (Å²) < 4.78 is 15.4. The van der Waals surface area contributed by atoms with E-state index in [9.17, 15) is 14.0 Å². The molecule has 1 fully saturated rings. The number of hydrogen-bond acceptors (Lipinski definition) is 4. The second-order valence-corrected chi connectivity index (χ2v) is 11.4. The molecule has 226 valence electrons. The zero-order valence-corrected chi connectivity index (χ0v) is 24.9. The normalized spacial score (nSPS) is 13.9. The van der Waals surface area contributed by atoms with Gasteiger partial charge >= 0.3 is 0 Å². The van der Waals surface area contributed by atoms with Gasteiger partial charge in [-0.1, -0.05) is 90.9 Å². The molecule has 1 N–H and O–H groups in total. The molecule has 1 aromatic heterocycles. The Morgan fingerprint density at radius 1 is 0.867 bits per heavy atom. The Labute approximate surface area is 262 Å². The van der Waals surface area contributed by atoms with Gasteiger partial charge in [-0.25, -0.2) is 9.07 Å². The molecule has 1 aliphatic rings. The van der Waals surface area contributed by atoms with E-state index in [1.165, 1.54) is 12.1 Å². The first-order chi connectivity index (χ1) is 22.0. The maximum Gasteiger partial charge on any atom is 0.247 e. The molecule has 8 heteroatoms. The van der Waals surface area contributed by atoms with Crippen molar-refractivity contribution in [2.24, 2.45) is 0 Å². The van der Waals surface area contributed by atoms with Crippen molar-refractivity contribution in [3.8, 4) is 11.8 Å². The van der Waals surface area contributed by atoms with Gasteiger partial charge < -0.3 is 10.2 Å². The lowest BCUT2D eigenvalue weighted by Crippen LogP contribution is -2.47. The highest BCUT2D eigenvalue weighted by Crippen LogP contribution is 2.27. The molecule has 45 heavy (non-hydrogen) atoms. The quantitative estimate of drug-likeness (QED) is 0.216. The van der Waals surface area contributed by atoms with Crippen molar-refractivity contribution in [1.29, 1.82) is 0 Å². The van der Waals surface area contributed by atoms with E-state index in [2.05, 4.69) is 27.5 Å². The fourth-order valence-electron chi connectivity index (χ4n) is 5.82. The van der Waals surface area contributed by atoms with Crippen molar-refractivity contribution in [3.05, 3.63) is 131 Å². The topological polar surface area (TPSA) is 80.1 Å². The predicted molar refractivity (Wildman–Crippen MR) is 171 cm³/mol. The fourth-order valence-corrected chi connectivity index (χ4v) is 5.82. The molecule has 4 aromatic carbocycles. The van der Waals surface area contributed by atoms with Crippen LogP contribution in [0.15, 0.2) is 103 Å². The molecule has 0 aliphatic heterocycles. The van der Waals surface area contributed by atoms with E-state index in [1.807, 2.05) is 78.9 Å². The van der Waals surface area contributed by atoms with Crippen molar-refractivity contribution in [1.82, 2.24) is 25.2 Å². The van der Waals surface area contributed by atoms with Gasteiger partial charge in [-0.2, -0.15) is 0 Å². The Balaban J connectivity index is 1.39. The summed E-state index contributed by atoms with van der Waals surface area (Å²) in [6.45, 7) is -0.0309. The lowest BCUT2D eigenvalue weighted by molar-refractivity contribution is -0.142. The average molecular weight is 600 g/mol. The molecule has 7 nitrogen and oxygen atoms in total. The van der Waals surface area contributed by atoms with E-state index in [0.29, 0.717) is 22.2 Å². The summed E-state index contributed by atoms with van der Waals surface area (Å²) in [7, 11) is 0. The minimum atomic E-state index is -0.960. The van der Waals surface area contributed by atoms with Crippen molar-refractivity contribution in [2.75, 3.05) is 0 Å². The molecule has 0 radical (unpaired) electrons. The van der Waals surface area contributed by atoms with Crippen molar-refractivity contribution in [2.45, 2.75) is 57.3 Å². The Bertz CT molecular complexity index is 1840. The molecule has 1 heterocycles. The third-order valence-electron chi connectivity index (χ3n) is 8.13. The Morgan fingerprint density at radius 2 is 1.58 bits per heavy atom. The number of hydrogen-bond donors (Lipinski definition) is 1. The number of fused-ring (bicyclic) bond motifs is 1. The van der Waals surface area contributed by atoms with E-state index < -0.39 is 6.04 Å². The van der Waals surface area contributed by atoms with E-state index >= 15 is 0 Å². The molecule has 1 atom stereocenters. The van der Waals surface area contributed by atoms with Crippen molar-refractivity contribution in [3.63, 3.8) is 0 Å². The van der Waals surface area contributed by atoms with Crippen LogP contribution in [0.4, 0.5) is 4.39 Å². The minimum absolute atomic E-state index is 0.0387. The number of rotatable bonds is 8. The SMILES string of the molecule is O=C(NC1CCCCC1)[C@@H](c1cccc(C#Cc2ccccc2)c1)N(Cc1ccc(F)cc1)C(=O)Cn1nnc2ccccc21. The number of carbonyl (C=O) groups excluding carboxylic acids is 2. The number of aromatic nitrogens is 3. The summed E-state index contributed by atoms with van der Waals surface area (Å²) >= 11 is 0. The van der Waals surface area contributed by atoms with Gasteiger partial charge in [0.25, 0.3) is 0 Å². The average Bonchev–Trinajstić information content (AvgIpc) is 3.48. The van der Waals surface area contributed by atoms with Crippen LogP contribution in [-0.2, 0) is 22.7 Å². The molecule has 1 saturated carbocycles. The second-order valence-electron chi connectivity index (χ2n) is 11.4. The van der Waals surface area contributed by atoms with Crippen molar-refractivity contribution < 1.29 is 14.0 Å². The maximum absolute atomic E-state index is 14.3. The van der Waals surface area contributed by atoms with Gasteiger partial charge in [0.1, 0.15) is 23.9 Å². The summed E-state index contributed by atoms with van der Waals surface area (Å²) in [5, 5.41) is 11.7. The van der Waals surface area contributed by atoms with Gasteiger partial charge in [-0.05, 0) is 72.5 Å².